The summed E-state index contributed by atoms with van der Waals surface area (Å²) in [7, 11) is -3.55. The topological polar surface area (TPSA) is 60.4 Å². The highest BCUT2D eigenvalue weighted by atomic mass is 32.2. The number of hydrogen-bond donors (Lipinski definition) is 0. The van der Waals surface area contributed by atoms with Crippen LogP contribution in [0.15, 0.2) is 29.2 Å². The molecule has 200 valence electrons. The van der Waals surface area contributed by atoms with E-state index in [1.807, 2.05) is 46.8 Å². The first-order chi connectivity index (χ1) is 16.5. The number of sulfone groups is 1. The molecule has 1 saturated carbocycles. The monoisotopic (exact) mass is 506 g/mol. The Bertz CT molecular complexity index is 849. The van der Waals surface area contributed by atoms with Crippen LogP contribution in [0.2, 0.25) is 0 Å². The van der Waals surface area contributed by atoms with Gasteiger partial charge in [-0.2, -0.15) is 0 Å². The van der Waals surface area contributed by atoms with Gasteiger partial charge in [-0.1, -0.05) is 102 Å². The average Bonchev–Trinajstić information content (AvgIpc) is 2.78. The van der Waals surface area contributed by atoms with Crippen LogP contribution in [-0.2, 0) is 19.4 Å². The summed E-state index contributed by atoms with van der Waals surface area (Å²) in [5, 5.41) is 0. The van der Waals surface area contributed by atoms with Crippen LogP contribution in [-0.4, -0.2) is 25.7 Å². The summed E-state index contributed by atoms with van der Waals surface area (Å²) in [5.74, 6) is -0.740. The fourth-order valence-corrected chi connectivity index (χ4v) is 7.41. The summed E-state index contributed by atoms with van der Waals surface area (Å²) >= 11 is 0. The molecular formula is C30H50O4S. The number of hydrogen-bond acceptors (Lipinski definition) is 4. The summed E-state index contributed by atoms with van der Waals surface area (Å²) in [6.45, 7) is 9.51. The number of carbonyl (C=O) groups excluding carboxylic acids is 1. The van der Waals surface area contributed by atoms with E-state index in [9.17, 15) is 13.2 Å². The Morgan fingerprint density at radius 3 is 1.63 bits per heavy atom. The molecule has 0 aromatic heterocycles. The molecular weight excluding hydrogens is 456 g/mol. The molecule has 0 N–H and O–H groups in total. The summed E-state index contributed by atoms with van der Waals surface area (Å²) in [4.78, 5) is 13.7. The van der Waals surface area contributed by atoms with Crippen molar-refractivity contribution in [3.8, 4) is 0 Å². The van der Waals surface area contributed by atoms with Gasteiger partial charge in [0, 0.05) is 0 Å². The van der Waals surface area contributed by atoms with E-state index >= 15 is 0 Å². The largest absolute Gasteiger partial charge is 0.460 e. The van der Waals surface area contributed by atoms with Gasteiger partial charge in [-0.25, -0.2) is 8.42 Å². The first kappa shape index (κ1) is 29.9. The minimum absolute atomic E-state index is 0.00344. The SMILES string of the molecule is Cc1ccc(S(=O)(=O)CC2([C@@H](C)C(=O)OC(C)(C)C)CCCCCCCCCCCCCC2)cc1. The van der Waals surface area contributed by atoms with Crippen LogP contribution in [0, 0.1) is 18.3 Å². The number of ether oxygens (including phenoxy) is 1. The molecule has 0 amide bonds. The van der Waals surface area contributed by atoms with E-state index < -0.39 is 26.8 Å². The molecule has 0 spiro atoms. The smallest absolute Gasteiger partial charge is 0.309 e. The number of carbonyl (C=O) groups is 1. The van der Waals surface area contributed by atoms with E-state index in [1.165, 1.54) is 51.4 Å². The van der Waals surface area contributed by atoms with Crippen LogP contribution >= 0.6 is 0 Å². The maximum absolute atomic E-state index is 13.7. The fourth-order valence-electron chi connectivity index (χ4n) is 5.40. The molecule has 1 atom stereocenters. The van der Waals surface area contributed by atoms with Gasteiger partial charge in [-0.05, 0) is 58.1 Å². The van der Waals surface area contributed by atoms with Crippen molar-refractivity contribution in [1.82, 2.24) is 0 Å². The highest BCUT2D eigenvalue weighted by molar-refractivity contribution is 7.91. The maximum atomic E-state index is 13.7. The molecule has 1 aromatic carbocycles. The normalized spacial score (nSPS) is 20.3. The second-order valence-corrected chi connectivity index (χ2v) is 13.9. The van der Waals surface area contributed by atoms with Gasteiger partial charge in [0.1, 0.15) is 5.60 Å². The number of benzene rings is 1. The molecule has 5 heteroatoms. The predicted molar refractivity (Wildman–Crippen MR) is 145 cm³/mol. The number of esters is 1. The Morgan fingerprint density at radius 1 is 0.829 bits per heavy atom. The van der Waals surface area contributed by atoms with Crippen molar-refractivity contribution in [3.63, 3.8) is 0 Å². The van der Waals surface area contributed by atoms with Crippen LogP contribution in [0.5, 0.6) is 0 Å². The number of rotatable bonds is 5. The summed E-state index contributed by atoms with van der Waals surface area (Å²) in [6, 6.07) is 7.13. The van der Waals surface area contributed by atoms with Gasteiger partial charge in [-0.15, -0.1) is 0 Å². The Morgan fingerprint density at radius 2 is 1.23 bits per heavy atom. The van der Waals surface area contributed by atoms with Gasteiger partial charge in [0.2, 0.25) is 0 Å². The molecule has 0 unspecified atom stereocenters. The van der Waals surface area contributed by atoms with Gasteiger partial charge in [0.25, 0.3) is 0 Å². The Hall–Kier alpha value is -1.36. The molecule has 4 nitrogen and oxygen atoms in total. The van der Waals surface area contributed by atoms with Crippen molar-refractivity contribution in [2.24, 2.45) is 11.3 Å². The molecule has 1 aliphatic carbocycles. The molecule has 0 bridgehead atoms. The minimum Gasteiger partial charge on any atom is -0.460 e. The molecule has 0 saturated heterocycles. The zero-order valence-electron chi connectivity index (χ0n) is 23.0. The van der Waals surface area contributed by atoms with E-state index in [1.54, 1.807) is 12.1 Å². The van der Waals surface area contributed by atoms with E-state index in [0.717, 1.165) is 44.1 Å². The quantitative estimate of drug-likeness (QED) is 0.378. The first-order valence-corrected chi connectivity index (χ1v) is 15.6. The lowest BCUT2D eigenvalue weighted by molar-refractivity contribution is -0.164. The van der Waals surface area contributed by atoms with Crippen LogP contribution in [0.25, 0.3) is 0 Å². The van der Waals surface area contributed by atoms with Gasteiger partial charge in [-0.3, -0.25) is 4.79 Å². The molecule has 2 rings (SSSR count). The standard InChI is InChI=1S/C30H50O4S/c1-25-18-20-27(21-19-25)35(32,33)24-30(26(2)28(31)34-29(3,4)5)22-16-14-12-10-8-6-7-9-11-13-15-17-23-30/h18-21,26H,6-17,22-24H2,1-5H3/t26-/m0/s1. The van der Waals surface area contributed by atoms with Crippen molar-refractivity contribution in [2.75, 3.05) is 5.75 Å². The highest BCUT2D eigenvalue weighted by Gasteiger charge is 2.44. The minimum atomic E-state index is -3.55. The van der Waals surface area contributed by atoms with Gasteiger partial charge in [0.05, 0.1) is 16.6 Å². The van der Waals surface area contributed by atoms with E-state index in [4.69, 9.17) is 4.74 Å². The Kier molecular flexibility index (Phi) is 11.8. The molecule has 0 heterocycles. The van der Waals surface area contributed by atoms with Crippen molar-refractivity contribution >= 4 is 15.8 Å². The van der Waals surface area contributed by atoms with E-state index in [2.05, 4.69) is 0 Å². The van der Waals surface area contributed by atoms with Crippen molar-refractivity contribution in [1.29, 1.82) is 0 Å². The van der Waals surface area contributed by atoms with Crippen molar-refractivity contribution < 1.29 is 17.9 Å². The molecule has 0 radical (unpaired) electrons. The van der Waals surface area contributed by atoms with Crippen LogP contribution < -0.4 is 0 Å². The van der Waals surface area contributed by atoms with Gasteiger partial charge >= 0.3 is 5.97 Å². The van der Waals surface area contributed by atoms with Crippen LogP contribution in [0.1, 0.15) is 123 Å². The molecule has 1 aromatic rings. The zero-order valence-corrected chi connectivity index (χ0v) is 23.9. The Labute approximate surface area is 215 Å². The first-order valence-electron chi connectivity index (χ1n) is 14.0. The molecule has 0 aliphatic heterocycles. The third-order valence-corrected chi connectivity index (χ3v) is 9.58. The van der Waals surface area contributed by atoms with Gasteiger partial charge < -0.3 is 4.74 Å². The average molecular weight is 507 g/mol. The highest BCUT2D eigenvalue weighted by Crippen LogP contribution is 2.43. The number of aryl methyl sites for hydroxylation is 1. The fraction of sp³-hybridized carbons (Fsp3) is 0.767. The summed E-state index contributed by atoms with van der Waals surface area (Å²) < 4.78 is 33.2. The van der Waals surface area contributed by atoms with Crippen molar-refractivity contribution in [3.05, 3.63) is 29.8 Å². The lowest BCUT2D eigenvalue weighted by Gasteiger charge is -2.39. The second kappa shape index (κ2) is 13.8. The van der Waals surface area contributed by atoms with Crippen molar-refractivity contribution in [2.45, 2.75) is 135 Å². The molecule has 35 heavy (non-hydrogen) atoms. The third kappa shape index (κ3) is 10.3. The third-order valence-electron chi connectivity index (χ3n) is 7.64. The summed E-state index contributed by atoms with van der Waals surface area (Å²) in [6.07, 6.45) is 15.7. The van der Waals surface area contributed by atoms with E-state index in [0.29, 0.717) is 4.90 Å². The second-order valence-electron chi connectivity index (χ2n) is 11.9. The molecule has 1 aliphatic rings. The lowest BCUT2D eigenvalue weighted by Crippen LogP contribution is -2.43. The van der Waals surface area contributed by atoms with E-state index in [-0.39, 0.29) is 11.7 Å². The maximum Gasteiger partial charge on any atom is 0.309 e. The summed E-state index contributed by atoms with van der Waals surface area (Å²) in [5.41, 5.74) is -0.177. The lowest BCUT2D eigenvalue weighted by atomic mass is 9.70. The van der Waals surface area contributed by atoms with Crippen LogP contribution in [0.3, 0.4) is 0 Å². The van der Waals surface area contributed by atoms with Crippen LogP contribution in [0.4, 0.5) is 0 Å². The van der Waals surface area contributed by atoms with Gasteiger partial charge in [0.15, 0.2) is 9.84 Å². The predicted octanol–water partition coefficient (Wildman–Crippen LogP) is 8.21. The zero-order chi connectivity index (χ0) is 26.0. The molecule has 1 fully saturated rings. The Balaban J connectivity index is 2.37.